The molecule has 1 aliphatic heterocycles. The zero-order valence-corrected chi connectivity index (χ0v) is 13.9. The number of rotatable bonds is 2. The van der Waals surface area contributed by atoms with Gasteiger partial charge in [0.05, 0.1) is 27.1 Å². The molecule has 0 saturated carbocycles. The molecule has 102 valence electrons. The van der Waals surface area contributed by atoms with Gasteiger partial charge in [0.15, 0.2) is 0 Å². The highest BCUT2D eigenvalue weighted by Gasteiger charge is 2.31. The van der Waals surface area contributed by atoms with E-state index in [1.165, 1.54) is 9.26 Å². The summed E-state index contributed by atoms with van der Waals surface area (Å²) in [5.74, 6) is 0. The van der Waals surface area contributed by atoms with E-state index in [0.29, 0.717) is 18.8 Å². The minimum Gasteiger partial charge on any atom is -0.360 e. The number of halogens is 1. The minimum atomic E-state index is -0.0895. The molecule has 0 spiro atoms. The van der Waals surface area contributed by atoms with E-state index in [-0.39, 0.29) is 5.60 Å². The van der Waals surface area contributed by atoms with E-state index in [0.717, 1.165) is 6.54 Å². The van der Waals surface area contributed by atoms with Crippen molar-refractivity contribution in [2.45, 2.75) is 58.8 Å². The second-order valence-corrected chi connectivity index (χ2v) is 7.16. The number of hydrogen-bond acceptors (Lipinski definition) is 3. The molecule has 5 heteroatoms. The van der Waals surface area contributed by atoms with Crippen LogP contribution in [0, 0.1) is 3.57 Å². The zero-order chi connectivity index (χ0) is 13.5. The van der Waals surface area contributed by atoms with Gasteiger partial charge >= 0.3 is 0 Å². The summed E-state index contributed by atoms with van der Waals surface area (Å²) in [6.45, 7) is 12.3. The fourth-order valence-electron chi connectivity index (χ4n) is 2.15. The second kappa shape index (κ2) is 5.09. The summed E-state index contributed by atoms with van der Waals surface area (Å²) in [5.41, 5.74) is 1.21. The van der Waals surface area contributed by atoms with E-state index in [2.05, 4.69) is 71.9 Å². The summed E-state index contributed by atoms with van der Waals surface area (Å²) in [6.07, 6.45) is 1.95. The second-order valence-electron chi connectivity index (χ2n) is 6.00. The Bertz CT molecular complexity index is 424. The Kier molecular flexibility index (Phi) is 4.04. The van der Waals surface area contributed by atoms with Crippen molar-refractivity contribution in [1.82, 2.24) is 14.7 Å². The van der Waals surface area contributed by atoms with Crippen LogP contribution in [0.3, 0.4) is 0 Å². The lowest BCUT2D eigenvalue weighted by Crippen LogP contribution is -2.46. The van der Waals surface area contributed by atoms with Crippen LogP contribution < -0.4 is 0 Å². The lowest BCUT2D eigenvalue weighted by molar-refractivity contribution is -0.0892. The van der Waals surface area contributed by atoms with Gasteiger partial charge in [-0.1, -0.05) is 0 Å². The molecule has 0 fully saturated rings. The van der Waals surface area contributed by atoms with Gasteiger partial charge in [0.2, 0.25) is 0 Å². The van der Waals surface area contributed by atoms with Crippen LogP contribution in [0.25, 0.3) is 0 Å². The third kappa shape index (κ3) is 2.88. The predicted molar refractivity (Wildman–Crippen MR) is 80.4 cm³/mol. The first-order valence-electron chi connectivity index (χ1n) is 6.39. The average molecular weight is 363 g/mol. The molecular formula is C13H22IN3O. The van der Waals surface area contributed by atoms with Crippen molar-refractivity contribution in [2.24, 2.45) is 0 Å². The van der Waals surface area contributed by atoms with Gasteiger partial charge in [0.25, 0.3) is 0 Å². The van der Waals surface area contributed by atoms with Crippen LogP contribution in [-0.4, -0.2) is 33.1 Å². The van der Waals surface area contributed by atoms with Crippen LogP contribution in [0.15, 0.2) is 6.20 Å². The summed E-state index contributed by atoms with van der Waals surface area (Å²) in [5, 5.41) is 4.47. The van der Waals surface area contributed by atoms with Crippen molar-refractivity contribution in [3.05, 3.63) is 15.5 Å². The van der Waals surface area contributed by atoms with Gasteiger partial charge in [-0.15, -0.1) is 0 Å². The average Bonchev–Trinajstić information content (AvgIpc) is 2.62. The highest BCUT2D eigenvalue weighted by molar-refractivity contribution is 14.1. The maximum absolute atomic E-state index is 5.91. The Morgan fingerprint density at radius 3 is 2.67 bits per heavy atom. The van der Waals surface area contributed by atoms with Crippen LogP contribution >= 0.6 is 22.6 Å². The van der Waals surface area contributed by atoms with E-state index in [9.17, 15) is 0 Å². The van der Waals surface area contributed by atoms with E-state index in [4.69, 9.17) is 4.74 Å². The van der Waals surface area contributed by atoms with Crippen molar-refractivity contribution < 1.29 is 4.74 Å². The molecule has 0 N–H and O–H groups in total. The fraction of sp³-hybridized carbons (Fsp3) is 0.769. The van der Waals surface area contributed by atoms with Crippen LogP contribution in [0.1, 0.15) is 46.4 Å². The van der Waals surface area contributed by atoms with Gasteiger partial charge in [-0.2, -0.15) is 5.10 Å². The number of hydrogen-bond donors (Lipinski definition) is 0. The number of fused-ring (bicyclic) bond motifs is 1. The number of aromatic nitrogens is 2. The molecule has 0 unspecified atom stereocenters. The van der Waals surface area contributed by atoms with E-state index in [1.54, 1.807) is 0 Å². The molecule has 0 saturated heterocycles. The van der Waals surface area contributed by atoms with Gasteiger partial charge < -0.3 is 4.74 Å². The molecule has 4 nitrogen and oxygen atoms in total. The predicted octanol–water partition coefficient (Wildman–Crippen LogP) is 3.03. The molecule has 0 radical (unpaired) electrons. The Balaban J connectivity index is 2.13. The zero-order valence-electron chi connectivity index (χ0n) is 11.8. The molecule has 2 atom stereocenters. The molecule has 1 aromatic rings. The minimum absolute atomic E-state index is 0.0895. The SMILES string of the molecule is C[C@H]1[C@H](C)n2ncc(I)c2CN1COC(C)(C)C. The topological polar surface area (TPSA) is 30.3 Å². The van der Waals surface area contributed by atoms with Crippen LogP contribution in [0.4, 0.5) is 0 Å². The lowest BCUT2D eigenvalue weighted by atomic mass is 10.1. The van der Waals surface area contributed by atoms with Crippen LogP contribution in [0.5, 0.6) is 0 Å². The summed E-state index contributed by atoms with van der Waals surface area (Å²) >= 11 is 2.36. The third-order valence-corrected chi connectivity index (χ3v) is 4.42. The summed E-state index contributed by atoms with van der Waals surface area (Å²) in [6, 6.07) is 0.830. The summed E-state index contributed by atoms with van der Waals surface area (Å²) in [7, 11) is 0. The first kappa shape index (κ1) is 14.3. The van der Waals surface area contributed by atoms with E-state index >= 15 is 0 Å². The summed E-state index contributed by atoms with van der Waals surface area (Å²) < 4.78 is 9.31. The van der Waals surface area contributed by atoms with Crippen molar-refractivity contribution in [3.8, 4) is 0 Å². The molecular weight excluding hydrogens is 341 g/mol. The number of ether oxygens (including phenoxy) is 1. The molecule has 0 bridgehead atoms. The Labute approximate surface area is 123 Å². The van der Waals surface area contributed by atoms with Crippen LogP contribution in [-0.2, 0) is 11.3 Å². The standard InChI is InChI=1S/C13H22IN3O/c1-9-10(2)17-12(11(14)6-15-17)7-16(9)8-18-13(3,4)5/h6,9-10H,7-8H2,1-5H3/t9-,10-/m0/s1. The van der Waals surface area contributed by atoms with Gasteiger partial charge in [0.1, 0.15) is 6.73 Å². The first-order chi connectivity index (χ1) is 8.29. The lowest BCUT2D eigenvalue weighted by Gasteiger charge is -2.39. The van der Waals surface area contributed by atoms with Crippen molar-refractivity contribution >= 4 is 22.6 Å². The van der Waals surface area contributed by atoms with E-state index < -0.39 is 0 Å². The third-order valence-electron chi connectivity index (χ3n) is 3.52. The van der Waals surface area contributed by atoms with Crippen LogP contribution in [0.2, 0.25) is 0 Å². The van der Waals surface area contributed by atoms with Gasteiger partial charge in [-0.25, -0.2) is 0 Å². The molecule has 2 rings (SSSR count). The highest BCUT2D eigenvalue weighted by Crippen LogP contribution is 2.29. The van der Waals surface area contributed by atoms with Gasteiger partial charge in [-0.3, -0.25) is 9.58 Å². The molecule has 18 heavy (non-hydrogen) atoms. The molecule has 0 aliphatic carbocycles. The Morgan fingerprint density at radius 1 is 1.39 bits per heavy atom. The monoisotopic (exact) mass is 363 g/mol. The Morgan fingerprint density at radius 2 is 2.06 bits per heavy atom. The van der Waals surface area contributed by atoms with Crippen molar-refractivity contribution in [2.75, 3.05) is 6.73 Å². The molecule has 1 aliphatic rings. The molecule has 1 aromatic heterocycles. The molecule has 0 aromatic carbocycles. The normalized spacial score (nSPS) is 25.2. The van der Waals surface area contributed by atoms with Gasteiger partial charge in [0, 0.05) is 12.6 Å². The highest BCUT2D eigenvalue weighted by atomic mass is 127. The Hall–Kier alpha value is -0.140. The fourth-order valence-corrected chi connectivity index (χ4v) is 2.69. The molecule has 0 amide bonds. The van der Waals surface area contributed by atoms with Crippen molar-refractivity contribution in [1.29, 1.82) is 0 Å². The maximum Gasteiger partial charge on any atom is 0.100 e. The van der Waals surface area contributed by atoms with Gasteiger partial charge in [-0.05, 0) is 57.2 Å². The van der Waals surface area contributed by atoms with Crippen molar-refractivity contribution in [3.63, 3.8) is 0 Å². The van der Waals surface area contributed by atoms with E-state index in [1.807, 2.05) is 6.20 Å². The molecule has 2 heterocycles. The maximum atomic E-state index is 5.91. The summed E-state index contributed by atoms with van der Waals surface area (Å²) in [4.78, 5) is 2.38. The number of nitrogens with zero attached hydrogens (tertiary/aromatic N) is 3. The quantitative estimate of drug-likeness (QED) is 0.757. The largest absolute Gasteiger partial charge is 0.360 e. The smallest absolute Gasteiger partial charge is 0.100 e. The first-order valence-corrected chi connectivity index (χ1v) is 7.47.